The van der Waals surface area contributed by atoms with Gasteiger partial charge >= 0.3 is 0 Å². The van der Waals surface area contributed by atoms with Gasteiger partial charge in [0.2, 0.25) is 5.13 Å². The van der Waals surface area contributed by atoms with Crippen molar-refractivity contribution in [3.05, 3.63) is 59.5 Å². The number of rotatable bonds is 7. The van der Waals surface area contributed by atoms with Gasteiger partial charge in [-0.05, 0) is 19.1 Å². The van der Waals surface area contributed by atoms with Gasteiger partial charge in [0.15, 0.2) is 11.5 Å². The molecule has 0 saturated heterocycles. The Balaban J connectivity index is 1.72. The van der Waals surface area contributed by atoms with Crippen molar-refractivity contribution in [3.8, 4) is 22.8 Å². The predicted octanol–water partition coefficient (Wildman–Crippen LogP) is 4.66. The second kappa shape index (κ2) is 8.30. The van der Waals surface area contributed by atoms with Crippen molar-refractivity contribution in [2.75, 3.05) is 19.1 Å². The maximum Gasteiger partial charge on any atom is 0.203 e. The standard InChI is InChI=1S/C19H19N3O2S/c1-3-24-17-11-7-10-15(18(17)23-2)12-20-22-19-21-16(13-25-19)14-8-5-4-6-9-14/h4-13H,3H2,1-2H3,(H,21,22)/b20-12-. The summed E-state index contributed by atoms with van der Waals surface area (Å²) in [6.07, 6.45) is 1.70. The number of nitrogens with one attached hydrogen (secondary N) is 1. The molecule has 25 heavy (non-hydrogen) atoms. The quantitative estimate of drug-likeness (QED) is 0.496. The van der Waals surface area contributed by atoms with Crippen LogP contribution in [-0.2, 0) is 0 Å². The van der Waals surface area contributed by atoms with E-state index in [4.69, 9.17) is 9.47 Å². The Labute approximate surface area is 151 Å². The summed E-state index contributed by atoms with van der Waals surface area (Å²) in [7, 11) is 1.62. The minimum absolute atomic E-state index is 0.580. The van der Waals surface area contributed by atoms with E-state index in [1.165, 1.54) is 11.3 Å². The first kappa shape index (κ1) is 17.0. The number of thiazole rings is 1. The van der Waals surface area contributed by atoms with Gasteiger partial charge in [-0.1, -0.05) is 36.4 Å². The zero-order valence-corrected chi connectivity index (χ0v) is 14.9. The van der Waals surface area contributed by atoms with E-state index in [1.54, 1.807) is 13.3 Å². The molecule has 6 heteroatoms. The Morgan fingerprint density at radius 1 is 1.16 bits per heavy atom. The fourth-order valence-corrected chi connectivity index (χ4v) is 3.01. The van der Waals surface area contributed by atoms with Crippen LogP contribution in [0.2, 0.25) is 0 Å². The molecular weight excluding hydrogens is 334 g/mol. The van der Waals surface area contributed by atoms with Gasteiger partial charge in [-0.25, -0.2) is 4.98 Å². The Bertz CT molecular complexity index is 847. The van der Waals surface area contributed by atoms with E-state index in [1.807, 2.05) is 60.8 Å². The van der Waals surface area contributed by atoms with E-state index in [-0.39, 0.29) is 0 Å². The average molecular weight is 353 g/mol. The maximum absolute atomic E-state index is 5.57. The number of aromatic nitrogens is 1. The number of ether oxygens (including phenoxy) is 2. The third-order valence-corrected chi connectivity index (χ3v) is 4.20. The van der Waals surface area contributed by atoms with Crippen LogP contribution in [0.25, 0.3) is 11.3 Å². The Hall–Kier alpha value is -2.86. The van der Waals surface area contributed by atoms with Gasteiger partial charge in [0.05, 0.1) is 25.6 Å². The zero-order chi connectivity index (χ0) is 17.5. The molecule has 3 rings (SSSR count). The first-order chi connectivity index (χ1) is 12.3. The smallest absolute Gasteiger partial charge is 0.203 e. The molecule has 0 bridgehead atoms. The van der Waals surface area contributed by atoms with E-state index in [0.29, 0.717) is 18.1 Å². The molecule has 0 atom stereocenters. The van der Waals surface area contributed by atoms with Crippen molar-refractivity contribution in [2.45, 2.75) is 6.92 Å². The highest BCUT2D eigenvalue weighted by molar-refractivity contribution is 7.14. The molecule has 0 amide bonds. The summed E-state index contributed by atoms with van der Waals surface area (Å²) in [6, 6.07) is 15.8. The highest BCUT2D eigenvalue weighted by Gasteiger charge is 2.08. The third-order valence-electron chi connectivity index (χ3n) is 3.45. The van der Waals surface area contributed by atoms with Crippen LogP contribution in [0.3, 0.4) is 0 Å². The molecule has 0 aliphatic rings. The second-order valence-electron chi connectivity index (χ2n) is 5.09. The van der Waals surface area contributed by atoms with E-state index >= 15 is 0 Å². The van der Waals surface area contributed by atoms with E-state index in [0.717, 1.165) is 22.0 Å². The summed E-state index contributed by atoms with van der Waals surface area (Å²) < 4.78 is 11.0. The van der Waals surface area contributed by atoms with E-state index in [2.05, 4.69) is 15.5 Å². The summed E-state index contributed by atoms with van der Waals surface area (Å²) in [5, 5.41) is 7.00. The Kier molecular flexibility index (Phi) is 5.64. The molecular formula is C19H19N3O2S. The first-order valence-electron chi connectivity index (χ1n) is 7.91. The largest absolute Gasteiger partial charge is 0.492 e. The van der Waals surface area contributed by atoms with Gasteiger partial charge in [-0.2, -0.15) is 5.10 Å². The van der Waals surface area contributed by atoms with Crippen molar-refractivity contribution in [3.63, 3.8) is 0 Å². The lowest BCUT2D eigenvalue weighted by molar-refractivity contribution is 0.311. The van der Waals surface area contributed by atoms with Crippen LogP contribution in [0, 0.1) is 0 Å². The van der Waals surface area contributed by atoms with Gasteiger partial charge in [0, 0.05) is 16.5 Å². The molecule has 2 aromatic carbocycles. The lowest BCUT2D eigenvalue weighted by atomic mass is 10.2. The number of hydrazone groups is 1. The van der Waals surface area contributed by atoms with Crippen molar-refractivity contribution in [1.29, 1.82) is 0 Å². The van der Waals surface area contributed by atoms with Crippen LogP contribution in [0.4, 0.5) is 5.13 Å². The topological polar surface area (TPSA) is 55.7 Å². The van der Waals surface area contributed by atoms with Crippen molar-refractivity contribution in [2.24, 2.45) is 5.10 Å². The predicted molar refractivity (Wildman–Crippen MR) is 103 cm³/mol. The fourth-order valence-electron chi connectivity index (χ4n) is 2.35. The van der Waals surface area contributed by atoms with Crippen molar-refractivity contribution in [1.82, 2.24) is 4.98 Å². The van der Waals surface area contributed by atoms with Gasteiger partial charge in [-0.3, -0.25) is 5.43 Å². The lowest BCUT2D eigenvalue weighted by Crippen LogP contribution is -1.99. The van der Waals surface area contributed by atoms with Crippen LogP contribution in [0.5, 0.6) is 11.5 Å². The number of hydrogen-bond donors (Lipinski definition) is 1. The normalized spacial score (nSPS) is 10.8. The molecule has 1 heterocycles. The van der Waals surface area contributed by atoms with Gasteiger partial charge in [0.1, 0.15) is 0 Å². The highest BCUT2D eigenvalue weighted by Crippen LogP contribution is 2.30. The molecule has 0 spiro atoms. The molecule has 128 valence electrons. The lowest BCUT2D eigenvalue weighted by Gasteiger charge is -2.10. The Morgan fingerprint density at radius 2 is 2.00 bits per heavy atom. The molecule has 3 aromatic rings. The van der Waals surface area contributed by atoms with Crippen molar-refractivity contribution >= 4 is 22.7 Å². The van der Waals surface area contributed by atoms with Gasteiger partial charge in [-0.15, -0.1) is 11.3 Å². The SMILES string of the molecule is CCOc1cccc(/C=N\Nc2nc(-c3ccccc3)cs2)c1OC. The van der Waals surface area contributed by atoms with Gasteiger partial charge < -0.3 is 9.47 Å². The van der Waals surface area contributed by atoms with Crippen LogP contribution in [0.1, 0.15) is 12.5 Å². The molecule has 0 fully saturated rings. The van der Waals surface area contributed by atoms with Crippen LogP contribution >= 0.6 is 11.3 Å². The summed E-state index contributed by atoms with van der Waals surface area (Å²) >= 11 is 1.51. The highest BCUT2D eigenvalue weighted by atomic mass is 32.1. The second-order valence-corrected chi connectivity index (χ2v) is 5.94. The maximum atomic E-state index is 5.57. The minimum Gasteiger partial charge on any atom is -0.492 e. The molecule has 0 aliphatic carbocycles. The number of hydrogen-bond acceptors (Lipinski definition) is 6. The fraction of sp³-hybridized carbons (Fsp3) is 0.158. The zero-order valence-electron chi connectivity index (χ0n) is 14.1. The Morgan fingerprint density at radius 3 is 2.76 bits per heavy atom. The molecule has 0 unspecified atom stereocenters. The molecule has 0 saturated carbocycles. The summed E-state index contributed by atoms with van der Waals surface area (Å²) in [5.74, 6) is 1.37. The molecule has 5 nitrogen and oxygen atoms in total. The third kappa shape index (κ3) is 4.16. The summed E-state index contributed by atoms with van der Waals surface area (Å²) in [5.41, 5.74) is 5.82. The van der Waals surface area contributed by atoms with E-state index < -0.39 is 0 Å². The van der Waals surface area contributed by atoms with Crippen LogP contribution in [0.15, 0.2) is 59.0 Å². The molecule has 1 N–H and O–H groups in total. The average Bonchev–Trinajstić information content (AvgIpc) is 3.12. The first-order valence-corrected chi connectivity index (χ1v) is 8.79. The molecule has 1 aromatic heterocycles. The number of benzene rings is 2. The van der Waals surface area contributed by atoms with Crippen LogP contribution in [-0.4, -0.2) is 24.9 Å². The van der Waals surface area contributed by atoms with Gasteiger partial charge in [0.25, 0.3) is 0 Å². The molecule has 0 radical (unpaired) electrons. The van der Waals surface area contributed by atoms with E-state index in [9.17, 15) is 0 Å². The summed E-state index contributed by atoms with van der Waals surface area (Å²) in [4.78, 5) is 4.54. The molecule has 0 aliphatic heterocycles. The number of para-hydroxylation sites is 1. The van der Waals surface area contributed by atoms with Crippen LogP contribution < -0.4 is 14.9 Å². The summed E-state index contributed by atoms with van der Waals surface area (Å²) in [6.45, 7) is 2.52. The monoisotopic (exact) mass is 353 g/mol. The number of nitrogens with zero attached hydrogens (tertiary/aromatic N) is 2. The number of methoxy groups -OCH3 is 1. The number of anilines is 1. The van der Waals surface area contributed by atoms with Crippen molar-refractivity contribution < 1.29 is 9.47 Å². The minimum atomic E-state index is 0.580.